The maximum Gasteiger partial charge on any atom is 0.234 e. The van der Waals surface area contributed by atoms with Crippen LogP contribution in [0.15, 0.2) is 18.2 Å². The quantitative estimate of drug-likeness (QED) is 0.894. The summed E-state index contributed by atoms with van der Waals surface area (Å²) < 4.78 is 0. The van der Waals surface area contributed by atoms with Gasteiger partial charge < -0.3 is 10.2 Å². The van der Waals surface area contributed by atoms with Crippen molar-refractivity contribution >= 4 is 40.9 Å². The molecule has 0 aliphatic carbocycles. The second-order valence-electron chi connectivity index (χ2n) is 5.44. The summed E-state index contributed by atoms with van der Waals surface area (Å²) in [5.41, 5.74) is 1.69. The molecule has 1 aliphatic heterocycles. The van der Waals surface area contributed by atoms with E-state index >= 15 is 0 Å². The van der Waals surface area contributed by atoms with E-state index in [0.717, 1.165) is 37.2 Å². The third-order valence-electron chi connectivity index (χ3n) is 3.63. The number of likely N-dealkylation sites (tertiary alicyclic amines) is 1. The Morgan fingerprint density at radius 3 is 2.64 bits per heavy atom. The van der Waals surface area contributed by atoms with Gasteiger partial charge in [0.2, 0.25) is 11.8 Å². The SMILES string of the molecule is Cc1cc(Cl)ccc1NC(=O)CSCC(=O)N1CCCCC1. The first-order valence-electron chi connectivity index (χ1n) is 7.48. The highest BCUT2D eigenvalue weighted by molar-refractivity contribution is 8.00. The lowest BCUT2D eigenvalue weighted by molar-refractivity contribution is -0.129. The number of halogens is 1. The van der Waals surface area contributed by atoms with E-state index in [9.17, 15) is 9.59 Å². The van der Waals surface area contributed by atoms with E-state index in [0.29, 0.717) is 10.8 Å². The van der Waals surface area contributed by atoms with Gasteiger partial charge in [-0.25, -0.2) is 0 Å². The standard InChI is InChI=1S/C16H21ClN2O2S/c1-12-9-13(17)5-6-14(12)18-15(20)10-22-11-16(21)19-7-3-2-4-8-19/h5-6,9H,2-4,7-8,10-11H2,1H3,(H,18,20). The lowest BCUT2D eigenvalue weighted by Crippen LogP contribution is -2.37. The minimum Gasteiger partial charge on any atom is -0.342 e. The first-order chi connectivity index (χ1) is 10.6. The van der Waals surface area contributed by atoms with Crippen LogP contribution in [0.1, 0.15) is 24.8 Å². The fourth-order valence-electron chi connectivity index (χ4n) is 2.42. The summed E-state index contributed by atoms with van der Waals surface area (Å²) >= 11 is 7.25. The van der Waals surface area contributed by atoms with Crippen LogP contribution in [-0.4, -0.2) is 41.3 Å². The van der Waals surface area contributed by atoms with Crippen molar-refractivity contribution in [2.45, 2.75) is 26.2 Å². The lowest BCUT2D eigenvalue weighted by atomic mass is 10.1. The Balaban J connectivity index is 1.72. The number of thioether (sulfide) groups is 1. The van der Waals surface area contributed by atoms with Gasteiger partial charge in [-0.3, -0.25) is 9.59 Å². The number of carbonyl (C=O) groups is 2. The van der Waals surface area contributed by atoms with Gasteiger partial charge in [0.05, 0.1) is 11.5 Å². The smallest absolute Gasteiger partial charge is 0.234 e. The van der Waals surface area contributed by atoms with Gasteiger partial charge in [0.25, 0.3) is 0 Å². The van der Waals surface area contributed by atoms with Gasteiger partial charge in [-0.05, 0) is 49.9 Å². The fourth-order valence-corrected chi connectivity index (χ4v) is 3.36. The maximum atomic E-state index is 12.0. The molecule has 2 amide bonds. The zero-order chi connectivity index (χ0) is 15.9. The van der Waals surface area contributed by atoms with Crippen LogP contribution < -0.4 is 5.32 Å². The Labute approximate surface area is 140 Å². The van der Waals surface area contributed by atoms with E-state index in [1.807, 2.05) is 17.9 Å². The Kier molecular flexibility index (Phi) is 6.58. The average Bonchev–Trinajstić information content (AvgIpc) is 2.51. The molecule has 1 heterocycles. The number of hydrogen-bond acceptors (Lipinski definition) is 3. The molecule has 1 aromatic rings. The van der Waals surface area contributed by atoms with Gasteiger partial charge in [0.1, 0.15) is 0 Å². The first kappa shape index (κ1) is 17.2. The summed E-state index contributed by atoms with van der Waals surface area (Å²) in [6, 6.07) is 5.35. The second-order valence-corrected chi connectivity index (χ2v) is 6.86. The number of anilines is 1. The molecule has 0 aromatic heterocycles. The number of carbonyl (C=O) groups excluding carboxylic acids is 2. The van der Waals surface area contributed by atoms with E-state index in [4.69, 9.17) is 11.6 Å². The molecule has 1 aromatic carbocycles. The number of rotatable bonds is 5. The van der Waals surface area contributed by atoms with E-state index < -0.39 is 0 Å². The second kappa shape index (κ2) is 8.44. The largest absolute Gasteiger partial charge is 0.342 e. The van der Waals surface area contributed by atoms with Crippen molar-refractivity contribution in [3.63, 3.8) is 0 Å². The molecule has 0 unspecified atom stereocenters. The van der Waals surface area contributed by atoms with Gasteiger partial charge in [0.15, 0.2) is 0 Å². The summed E-state index contributed by atoms with van der Waals surface area (Å²) in [6.07, 6.45) is 3.39. The summed E-state index contributed by atoms with van der Waals surface area (Å²) in [5.74, 6) is 0.691. The lowest BCUT2D eigenvalue weighted by Gasteiger charge is -2.26. The van der Waals surface area contributed by atoms with E-state index in [-0.39, 0.29) is 17.6 Å². The van der Waals surface area contributed by atoms with Crippen LogP contribution in [0.25, 0.3) is 0 Å². The molecule has 120 valence electrons. The van der Waals surface area contributed by atoms with Gasteiger partial charge in [-0.2, -0.15) is 0 Å². The van der Waals surface area contributed by atoms with Crippen molar-refractivity contribution < 1.29 is 9.59 Å². The molecule has 22 heavy (non-hydrogen) atoms. The Morgan fingerprint density at radius 1 is 1.23 bits per heavy atom. The third-order valence-corrected chi connectivity index (χ3v) is 4.78. The minimum atomic E-state index is -0.0955. The zero-order valence-electron chi connectivity index (χ0n) is 12.7. The molecule has 1 N–H and O–H groups in total. The molecular weight excluding hydrogens is 320 g/mol. The van der Waals surface area contributed by atoms with Gasteiger partial charge >= 0.3 is 0 Å². The highest BCUT2D eigenvalue weighted by atomic mass is 35.5. The van der Waals surface area contributed by atoms with Crippen LogP contribution in [-0.2, 0) is 9.59 Å². The summed E-state index contributed by atoms with van der Waals surface area (Å²) in [6.45, 7) is 3.61. The molecule has 0 bridgehead atoms. The number of nitrogens with one attached hydrogen (secondary N) is 1. The Bertz CT molecular complexity index is 545. The fraction of sp³-hybridized carbons (Fsp3) is 0.500. The number of aryl methyl sites for hydroxylation is 1. The topological polar surface area (TPSA) is 49.4 Å². The zero-order valence-corrected chi connectivity index (χ0v) is 14.3. The minimum absolute atomic E-state index is 0.0955. The van der Waals surface area contributed by atoms with E-state index in [1.54, 1.807) is 12.1 Å². The van der Waals surface area contributed by atoms with Crippen molar-refractivity contribution in [3.05, 3.63) is 28.8 Å². The van der Waals surface area contributed by atoms with Crippen molar-refractivity contribution in [1.82, 2.24) is 4.90 Å². The normalized spacial score (nSPS) is 14.7. The molecule has 6 heteroatoms. The van der Waals surface area contributed by atoms with E-state index in [2.05, 4.69) is 5.32 Å². The molecule has 0 radical (unpaired) electrons. The average molecular weight is 341 g/mol. The van der Waals surface area contributed by atoms with Crippen LogP contribution in [0.3, 0.4) is 0 Å². The Morgan fingerprint density at radius 2 is 1.95 bits per heavy atom. The molecule has 4 nitrogen and oxygen atoms in total. The summed E-state index contributed by atoms with van der Waals surface area (Å²) in [5, 5.41) is 3.50. The number of hydrogen-bond donors (Lipinski definition) is 1. The van der Waals surface area contributed by atoms with Crippen molar-refractivity contribution in [1.29, 1.82) is 0 Å². The summed E-state index contributed by atoms with van der Waals surface area (Å²) in [7, 11) is 0. The molecule has 0 saturated carbocycles. The molecule has 1 aliphatic rings. The predicted molar refractivity (Wildman–Crippen MR) is 92.6 cm³/mol. The predicted octanol–water partition coefficient (Wildman–Crippen LogP) is 3.33. The summed E-state index contributed by atoms with van der Waals surface area (Å²) in [4.78, 5) is 25.8. The van der Waals surface area contributed by atoms with Gasteiger partial charge in [-0.1, -0.05) is 11.6 Å². The van der Waals surface area contributed by atoms with Gasteiger partial charge in [0, 0.05) is 23.8 Å². The van der Waals surface area contributed by atoms with Crippen LogP contribution in [0, 0.1) is 6.92 Å². The Hall–Kier alpha value is -1.20. The molecular formula is C16H21ClN2O2S. The van der Waals surface area contributed by atoms with Crippen molar-refractivity contribution in [2.75, 3.05) is 29.9 Å². The number of nitrogens with zero attached hydrogens (tertiary/aromatic N) is 1. The number of piperidine rings is 1. The van der Waals surface area contributed by atoms with Crippen LogP contribution in [0.5, 0.6) is 0 Å². The first-order valence-corrected chi connectivity index (χ1v) is 9.01. The molecule has 1 fully saturated rings. The molecule has 1 saturated heterocycles. The highest BCUT2D eigenvalue weighted by Gasteiger charge is 2.16. The highest BCUT2D eigenvalue weighted by Crippen LogP contribution is 2.20. The third kappa shape index (κ3) is 5.21. The maximum absolute atomic E-state index is 12.0. The molecule has 0 atom stereocenters. The van der Waals surface area contributed by atoms with Gasteiger partial charge in [-0.15, -0.1) is 11.8 Å². The van der Waals surface area contributed by atoms with Crippen LogP contribution >= 0.6 is 23.4 Å². The molecule has 2 rings (SSSR count). The monoisotopic (exact) mass is 340 g/mol. The number of amides is 2. The molecule has 0 spiro atoms. The van der Waals surface area contributed by atoms with Crippen molar-refractivity contribution in [2.24, 2.45) is 0 Å². The number of benzene rings is 1. The van der Waals surface area contributed by atoms with E-state index in [1.165, 1.54) is 18.2 Å². The van der Waals surface area contributed by atoms with Crippen LogP contribution in [0.2, 0.25) is 5.02 Å². The van der Waals surface area contributed by atoms with Crippen molar-refractivity contribution in [3.8, 4) is 0 Å². The van der Waals surface area contributed by atoms with Crippen LogP contribution in [0.4, 0.5) is 5.69 Å².